The Labute approximate surface area is 92.7 Å². The summed E-state index contributed by atoms with van der Waals surface area (Å²) in [5, 5.41) is 3.43. The van der Waals surface area contributed by atoms with Crippen LogP contribution in [0.4, 0.5) is 10.1 Å². The lowest BCUT2D eigenvalue weighted by Crippen LogP contribution is -2.11. The lowest BCUT2D eigenvalue weighted by molar-refractivity contribution is 0.201. The zero-order valence-electron chi connectivity index (χ0n) is 8.77. The van der Waals surface area contributed by atoms with Crippen LogP contribution in [0.15, 0.2) is 23.3 Å². The standard InChI is InChI=1S/C11H12FN3O/c12-9-6-3-7-10(14-15-13)11(9)16-8-4-1-2-5-8/h3,6-8H,1-2,4-5H2. The molecule has 16 heavy (non-hydrogen) atoms. The van der Waals surface area contributed by atoms with Gasteiger partial charge in [0.25, 0.3) is 0 Å². The van der Waals surface area contributed by atoms with E-state index in [2.05, 4.69) is 10.0 Å². The normalized spacial score (nSPS) is 15.8. The average molecular weight is 221 g/mol. The third kappa shape index (κ3) is 2.25. The first kappa shape index (κ1) is 10.8. The van der Waals surface area contributed by atoms with Crippen molar-refractivity contribution in [1.29, 1.82) is 0 Å². The maximum atomic E-state index is 13.5. The highest BCUT2D eigenvalue weighted by Gasteiger charge is 2.19. The molecule has 0 saturated heterocycles. The molecule has 0 spiro atoms. The lowest BCUT2D eigenvalue weighted by atomic mass is 10.2. The van der Waals surface area contributed by atoms with Gasteiger partial charge in [-0.05, 0) is 43.3 Å². The van der Waals surface area contributed by atoms with Gasteiger partial charge in [0, 0.05) is 4.91 Å². The SMILES string of the molecule is [N-]=[N+]=Nc1cccc(F)c1OC1CCCC1. The molecule has 1 saturated carbocycles. The van der Waals surface area contributed by atoms with Gasteiger partial charge >= 0.3 is 0 Å². The van der Waals surface area contributed by atoms with Crippen molar-refractivity contribution in [3.05, 3.63) is 34.5 Å². The Balaban J connectivity index is 2.26. The molecule has 1 fully saturated rings. The number of hydrogen-bond donors (Lipinski definition) is 0. The number of nitrogens with zero attached hydrogens (tertiary/aromatic N) is 3. The van der Waals surface area contributed by atoms with E-state index in [-0.39, 0.29) is 17.5 Å². The van der Waals surface area contributed by atoms with Gasteiger partial charge in [0.1, 0.15) is 0 Å². The number of para-hydroxylation sites is 1. The quantitative estimate of drug-likeness (QED) is 0.430. The van der Waals surface area contributed by atoms with Gasteiger partial charge in [-0.1, -0.05) is 11.2 Å². The number of rotatable bonds is 3. The number of halogens is 1. The van der Waals surface area contributed by atoms with E-state index in [1.54, 1.807) is 6.07 Å². The van der Waals surface area contributed by atoms with Gasteiger partial charge < -0.3 is 4.74 Å². The molecule has 1 aliphatic carbocycles. The Morgan fingerprint density at radius 3 is 2.81 bits per heavy atom. The molecule has 0 heterocycles. The summed E-state index contributed by atoms with van der Waals surface area (Å²) < 4.78 is 19.1. The fourth-order valence-electron chi connectivity index (χ4n) is 1.91. The summed E-state index contributed by atoms with van der Waals surface area (Å²) in [5.41, 5.74) is 8.59. The molecule has 1 aliphatic rings. The number of hydrogen-bond acceptors (Lipinski definition) is 2. The Morgan fingerprint density at radius 2 is 2.12 bits per heavy atom. The van der Waals surface area contributed by atoms with Gasteiger partial charge in [-0.15, -0.1) is 0 Å². The van der Waals surface area contributed by atoms with E-state index in [0.717, 1.165) is 25.7 Å². The smallest absolute Gasteiger partial charge is 0.165 e. The maximum absolute atomic E-state index is 13.5. The van der Waals surface area contributed by atoms with E-state index < -0.39 is 5.82 Å². The molecule has 0 radical (unpaired) electrons. The van der Waals surface area contributed by atoms with Crippen molar-refractivity contribution in [1.82, 2.24) is 0 Å². The maximum Gasteiger partial charge on any atom is 0.165 e. The zero-order chi connectivity index (χ0) is 11.4. The lowest BCUT2D eigenvalue weighted by Gasteiger charge is -2.15. The van der Waals surface area contributed by atoms with Crippen molar-refractivity contribution in [3.63, 3.8) is 0 Å². The molecule has 0 bridgehead atoms. The molecule has 0 aliphatic heterocycles. The molecule has 0 N–H and O–H groups in total. The monoisotopic (exact) mass is 221 g/mol. The predicted octanol–water partition coefficient (Wildman–Crippen LogP) is 4.09. The summed E-state index contributed by atoms with van der Waals surface area (Å²) in [7, 11) is 0. The minimum absolute atomic E-state index is 0.0459. The van der Waals surface area contributed by atoms with Crippen LogP contribution >= 0.6 is 0 Å². The van der Waals surface area contributed by atoms with Crippen molar-refractivity contribution in [2.75, 3.05) is 0 Å². The summed E-state index contributed by atoms with van der Waals surface area (Å²) in [6, 6.07) is 4.36. The van der Waals surface area contributed by atoms with Gasteiger partial charge in [0.2, 0.25) is 0 Å². The highest BCUT2D eigenvalue weighted by Crippen LogP contribution is 2.34. The fourth-order valence-corrected chi connectivity index (χ4v) is 1.91. The molecule has 84 valence electrons. The van der Waals surface area contributed by atoms with Crippen molar-refractivity contribution in [2.24, 2.45) is 5.11 Å². The average Bonchev–Trinajstić information content (AvgIpc) is 2.76. The summed E-state index contributed by atoms with van der Waals surface area (Å²) in [5.74, 6) is -0.399. The molecular weight excluding hydrogens is 209 g/mol. The Bertz CT molecular complexity index is 423. The number of benzene rings is 1. The van der Waals surface area contributed by atoms with Crippen molar-refractivity contribution >= 4 is 5.69 Å². The zero-order valence-corrected chi connectivity index (χ0v) is 8.77. The molecule has 1 aromatic rings. The van der Waals surface area contributed by atoms with Crippen LogP contribution in [0.2, 0.25) is 0 Å². The topological polar surface area (TPSA) is 58.0 Å². The van der Waals surface area contributed by atoms with Crippen LogP contribution in [0.25, 0.3) is 10.4 Å². The summed E-state index contributed by atoms with van der Waals surface area (Å²) >= 11 is 0. The molecule has 0 aromatic heterocycles. The van der Waals surface area contributed by atoms with Crippen LogP contribution in [-0.2, 0) is 0 Å². The second-order valence-electron chi connectivity index (χ2n) is 3.80. The van der Waals surface area contributed by atoms with Crippen LogP contribution in [0.1, 0.15) is 25.7 Å². The van der Waals surface area contributed by atoms with Crippen LogP contribution in [-0.4, -0.2) is 6.10 Å². The Morgan fingerprint density at radius 1 is 1.38 bits per heavy atom. The highest BCUT2D eigenvalue weighted by molar-refractivity contribution is 5.52. The van der Waals surface area contributed by atoms with E-state index in [0.29, 0.717) is 0 Å². The first-order valence-electron chi connectivity index (χ1n) is 5.31. The first-order chi connectivity index (χ1) is 7.81. The highest BCUT2D eigenvalue weighted by atomic mass is 19.1. The second kappa shape index (κ2) is 4.86. The minimum Gasteiger partial charge on any atom is -0.487 e. The molecule has 1 aromatic carbocycles. The fraction of sp³-hybridized carbons (Fsp3) is 0.455. The molecule has 2 rings (SSSR count). The van der Waals surface area contributed by atoms with Gasteiger partial charge in [-0.2, -0.15) is 0 Å². The van der Waals surface area contributed by atoms with E-state index in [9.17, 15) is 4.39 Å². The summed E-state index contributed by atoms with van der Waals surface area (Å²) in [4.78, 5) is 2.66. The van der Waals surface area contributed by atoms with Crippen molar-refractivity contribution in [2.45, 2.75) is 31.8 Å². The van der Waals surface area contributed by atoms with E-state index in [1.165, 1.54) is 12.1 Å². The number of azide groups is 1. The molecule has 0 amide bonds. The van der Waals surface area contributed by atoms with Crippen LogP contribution < -0.4 is 4.74 Å². The second-order valence-corrected chi connectivity index (χ2v) is 3.80. The minimum atomic E-state index is -0.475. The van der Waals surface area contributed by atoms with Gasteiger partial charge in [-0.25, -0.2) is 4.39 Å². The molecule has 0 unspecified atom stereocenters. The molecule has 0 atom stereocenters. The van der Waals surface area contributed by atoms with Crippen LogP contribution in [0.3, 0.4) is 0 Å². The van der Waals surface area contributed by atoms with E-state index in [4.69, 9.17) is 10.3 Å². The van der Waals surface area contributed by atoms with Crippen molar-refractivity contribution in [3.8, 4) is 5.75 Å². The third-order valence-corrected chi connectivity index (χ3v) is 2.69. The summed E-state index contributed by atoms with van der Waals surface area (Å²) in [6.45, 7) is 0. The van der Waals surface area contributed by atoms with E-state index in [1.807, 2.05) is 0 Å². The Kier molecular flexibility index (Phi) is 3.27. The molecule has 5 heteroatoms. The number of ether oxygens (including phenoxy) is 1. The molecular formula is C11H12FN3O. The Hall–Kier alpha value is -1.74. The van der Waals surface area contributed by atoms with Crippen LogP contribution in [0, 0.1) is 5.82 Å². The summed E-state index contributed by atoms with van der Waals surface area (Å²) in [6.07, 6.45) is 4.13. The largest absolute Gasteiger partial charge is 0.487 e. The van der Waals surface area contributed by atoms with Gasteiger partial charge in [-0.3, -0.25) is 0 Å². The third-order valence-electron chi connectivity index (χ3n) is 2.69. The predicted molar refractivity (Wildman–Crippen MR) is 58.1 cm³/mol. The van der Waals surface area contributed by atoms with Crippen molar-refractivity contribution < 1.29 is 9.13 Å². The van der Waals surface area contributed by atoms with Crippen LogP contribution in [0.5, 0.6) is 5.75 Å². The molecule has 4 nitrogen and oxygen atoms in total. The van der Waals surface area contributed by atoms with E-state index >= 15 is 0 Å². The first-order valence-corrected chi connectivity index (χ1v) is 5.31. The van der Waals surface area contributed by atoms with Gasteiger partial charge in [0.05, 0.1) is 11.8 Å². The van der Waals surface area contributed by atoms with Gasteiger partial charge in [0.15, 0.2) is 11.6 Å².